The number of hydrogen-bond acceptors (Lipinski definition) is 3. The minimum atomic E-state index is 0.173. The zero-order valence-corrected chi connectivity index (χ0v) is 13.2. The van der Waals surface area contributed by atoms with Gasteiger partial charge in [0.15, 0.2) is 0 Å². The first-order valence-electron chi connectivity index (χ1n) is 7.68. The molecule has 3 nitrogen and oxygen atoms in total. The highest BCUT2D eigenvalue weighted by atomic mass is 16.3. The topological polar surface area (TPSA) is 35.5 Å². The first kappa shape index (κ1) is 15.2. The Kier molecular flexibility index (Phi) is 4.59. The lowest BCUT2D eigenvalue weighted by molar-refractivity contribution is 0.325. The van der Waals surface area contributed by atoms with Crippen molar-refractivity contribution in [3.05, 3.63) is 23.8 Å². The van der Waals surface area contributed by atoms with Crippen LogP contribution in [0.1, 0.15) is 51.6 Å². The standard InChI is InChI=1S/C17H28N2O/c1-13(18-4)15-7-6-14(12-16(15)20)19-10-5-8-17(2,3)9-11-19/h6-7,12-13,18,20H,5,8-11H2,1-4H3. The van der Waals surface area contributed by atoms with Crippen molar-refractivity contribution in [1.82, 2.24) is 5.32 Å². The highest BCUT2D eigenvalue weighted by Crippen LogP contribution is 2.34. The molecule has 1 unspecified atom stereocenters. The van der Waals surface area contributed by atoms with Gasteiger partial charge < -0.3 is 15.3 Å². The van der Waals surface area contributed by atoms with Crippen LogP contribution in [0, 0.1) is 5.41 Å². The number of benzene rings is 1. The summed E-state index contributed by atoms with van der Waals surface area (Å²) in [5, 5.41) is 13.4. The minimum absolute atomic E-state index is 0.173. The lowest BCUT2D eigenvalue weighted by Crippen LogP contribution is -2.25. The SMILES string of the molecule is CNC(C)c1ccc(N2CCCC(C)(C)CC2)cc1O. The van der Waals surface area contributed by atoms with Gasteiger partial charge in [-0.1, -0.05) is 19.9 Å². The van der Waals surface area contributed by atoms with E-state index in [2.05, 4.69) is 37.1 Å². The summed E-state index contributed by atoms with van der Waals surface area (Å²) in [6.45, 7) is 8.93. The van der Waals surface area contributed by atoms with Crippen LogP contribution in [0.15, 0.2) is 18.2 Å². The molecule has 1 aromatic rings. The van der Waals surface area contributed by atoms with Gasteiger partial charge >= 0.3 is 0 Å². The Labute approximate surface area is 123 Å². The van der Waals surface area contributed by atoms with Gasteiger partial charge in [0, 0.05) is 36.4 Å². The van der Waals surface area contributed by atoms with Crippen LogP contribution in [0.2, 0.25) is 0 Å². The summed E-state index contributed by atoms with van der Waals surface area (Å²) in [5.74, 6) is 0.396. The molecule has 0 spiro atoms. The Morgan fingerprint density at radius 3 is 2.65 bits per heavy atom. The zero-order chi connectivity index (χ0) is 14.8. The van der Waals surface area contributed by atoms with E-state index in [1.165, 1.54) is 19.3 Å². The quantitative estimate of drug-likeness (QED) is 0.884. The molecule has 112 valence electrons. The molecule has 1 aliphatic heterocycles. The normalized spacial score (nSPS) is 20.5. The summed E-state index contributed by atoms with van der Waals surface area (Å²) in [4.78, 5) is 2.41. The summed E-state index contributed by atoms with van der Waals surface area (Å²) in [6, 6.07) is 6.28. The van der Waals surface area contributed by atoms with E-state index in [9.17, 15) is 5.11 Å². The Hall–Kier alpha value is -1.22. The van der Waals surface area contributed by atoms with Gasteiger partial charge in [-0.2, -0.15) is 0 Å². The third-order valence-corrected chi connectivity index (χ3v) is 4.62. The van der Waals surface area contributed by atoms with Gasteiger partial charge in [-0.15, -0.1) is 0 Å². The van der Waals surface area contributed by atoms with Crippen LogP contribution in [0.3, 0.4) is 0 Å². The summed E-state index contributed by atoms with van der Waals surface area (Å²) in [7, 11) is 1.91. The second-order valence-corrected chi connectivity index (χ2v) is 6.76. The summed E-state index contributed by atoms with van der Waals surface area (Å²) in [5.41, 5.74) is 2.55. The van der Waals surface area contributed by atoms with E-state index in [-0.39, 0.29) is 6.04 Å². The van der Waals surface area contributed by atoms with Crippen molar-refractivity contribution in [2.24, 2.45) is 5.41 Å². The van der Waals surface area contributed by atoms with Crippen LogP contribution in [-0.4, -0.2) is 25.2 Å². The first-order valence-corrected chi connectivity index (χ1v) is 7.68. The number of aromatic hydroxyl groups is 1. The molecule has 0 aliphatic carbocycles. The monoisotopic (exact) mass is 276 g/mol. The molecular weight excluding hydrogens is 248 g/mol. The molecule has 2 N–H and O–H groups in total. The molecule has 2 rings (SSSR count). The fourth-order valence-electron chi connectivity index (χ4n) is 2.93. The number of hydrogen-bond donors (Lipinski definition) is 2. The molecule has 20 heavy (non-hydrogen) atoms. The number of phenols is 1. The first-order chi connectivity index (χ1) is 9.43. The van der Waals surface area contributed by atoms with E-state index in [1.807, 2.05) is 19.2 Å². The fraction of sp³-hybridized carbons (Fsp3) is 0.647. The van der Waals surface area contributed by atoms with Crippen molar-refractivity contribution in [3.63, 3.8) is 0 Å². The van der Waals surface area contributed by atoms with Gasteiger partial charge in [-0.05, 0) is 44.7 Å². The Morgan fingerprint density at radius 2 is 2.00 bits per heavy atom. The van der Waals surface area contributed by atoms with Crippen LogP contribution in [0.25, 0.3) is 0 Å². The maximum atomic E-state index is 10.2. The second-order valence-electron chi connectivity index (χ2n) is 6.76. The van der Waals surface area contributed by atoms with Crippen molar-refractivity contribution in [2.75, 3.05) is 25.0 Å². The highest BCUT2D eigenvalue weighted by molar-refractivity contribution is 5.54. The lowest BCUT2D eigenvalue weighted by Gasteiger charge is -2.25. The number of anilines is 1. The molecule has 1 fully saturated rings. The molecule has 0 amide bonds. The molecular formula is C17H28N2O. The van der Waals surface area contributed by atoms with Crippen LogP contribution in [-0.2, 0) is 0 Å². The van der Waals surface area contributed by atoms with Crippen molar-refractivity contribution in [2.45, 2.75) is 46.1 Å². The molecule has 3 heteroatoms. The predicted molar refractivity (Wildman–Crippen MR) is 85.4 cm³/mol. The van der Waals surface area contributed by atoms with Crippen LogP contribution in [0.5, 0.6) is 5.75 Å². The van der Waals surface area contributed by atoms with Gasteiger partial charge in [0.1, 0.15) is 5.75 Å². The number of nitrogens with one attached hydrogen (secondary N) is 1. The third kappa shape index (κ3) is 3.45. The maximum absolute atomic E-state index is 10.2. The van der Waals surface area contributed by atoms with Gasteiger partial charge in [0.2, 0.25) is 0 Å². The minimum Gasteiger partial charge on any atom is -0.508 e. The molecule has 1 saturated heterocycles. The maximum Gasteiger partial charge on any atom is 0.122 e. The Morgan fingerprint density at radius 1 is 1.25 bits per heavy atom. The number of phenolic OH excluding ortho intramolecular Hbond substituents is 1. The molecule has 0 radical (unpaired) electrons. The summed E-state index contributed by atoms with van der Waals surface area (Å²) < 4.78 is 0. The largest absolute Gasteiger partial charge is 0.508 e. The van der Waals surface area contributed by atoms with Crippen LogP contribution < -0.4 is 10.2 Å². The van der Waals surface area contributed by atoms with Crippen molar-refractivity contribution in [3.8, 4) is 5.75 Å². The van der Waals surface area contributed by atoms with Crippen molar-refractivity contribution < 1.29 is 5.11 Å². The zero-order valence-electron chi connectivity index (χ0n) is 13.2. The Bertz CT molecular complexity index is 456. The predicted octanol–water partition coefficient (Wildman–Crippen LogP) is 3.69. The molecule has 1 atom stereocenters. The summed E-state index contributed by atoms with van der Waals surface area (Å²) in [6.07, 6.45) is 3.72. The van der Waals surface area contributed by atoms with Crippen LogP contribution in [0.4, 0.5) is 5.69 Å². The van der Waals surface area contributed by atoms with E-state index in [1.54, 1.807) is 0 Å². The van der Waals surface area contributed by atoms with E-state index in [0.29, 0.717) is 11.2 Å². The van der Waals surface area contributed by atoms with E-state index >= 15 is 0 Å². The third-order valence-electron chi connectivity index (χ3n) is 4.62. The molecule has 0 saturated carbocycles. The van der Waals surface area contributed by atoms with Gasteiger partial charge in [0.25, 0.3) is 0 Å². The van der Waals surface area contributed by atoms with Crippen molar-refractivity contribution in [1.29, 1.82) is 0 Å². The molecule has 1 aliphatic rings. The van der Waals surface area contributed by atoms with Crippen molar-refractivity contribution >= 4 is 5.69 Å². The number of rotatable bonds is 3. The summed E-state index contributed by atoms with van der Waals surface area (Å²) >= 11 is 0. The second kappa shape index (κ2) is 6.04. The van der Waals surface area contributed by atoms with E-state index in [0.717, 1.165) is 24.3 Å². The van der Waals surface area contributed by atoms with Gasteiger partial charge in [0.05, 0.1) is 0 Å². The molecule has 1 heterocycles. The number of nitrogens with zero attached hydrogens (tertiary/aromatic N) is 1. The Balaban J connectivity index is 2.15. The average Bonchev–Trinajstić information content (AvgIpc) is 2.59. The molecule has 0 aromatic heterocycles. The molecule has 0 bridgehead atoms. The lowest BCUT2D eigenvalue weighted by atomic mass is 9.85. The van der Waals surface area contributed by atoms with E-state index < -0.39 is 0 Å². The smallest absolute Gasteiger partial charge is 0.122 e. The van der Waals surface area contributed by atoms with E-state index in [4.69, 9.17) is 0 Å². The fourth-order valence-corrected chi connectivity index (χ4v) is 2.93. The molecule has 1 aromatic carbocycles. The van der Waals surface area contributed by atoms with Crippen LogP contribution >= 0.6 is 0 Å². The average molecular weight is 276 g/mol. The highest BCUT2D eigenvalue weighted by Gasteiger charge is 2.23. The van der Waals surface area contributed by atoms with Gasteiger partial charge in [-0.3, -0.25) is 0 Å². The van der Waals surface area contributed by atoms with Gasteiger partial charge in [-0.25, -0.2) is 0 Å².